The predicted molar refractivity (Wildman–Crippen MR) is 113 cm³/mol. The summed E-state index contributed by atoms with van der Waals surface area (Å²) in [6.07, 6.45) is 1.15. The normalized spacial score (nSPS) is 20.1. The molecule has 150 valence electrons. The Morgan fingerprint density at radius 3 is 2.81 bits per heavy atom. The molecular formula is C18H24Cl4N4O. The van der Waals surface area contributed by atoms with Crippen molar-refractivity contribution < 1.29 is 4.74 Å². The van der Waals surface area contributed by atoms with Crippen LogP contribution in [0.3, 0.4) is 0 Å². The molecule has 0 spiro atoms. The van der Waals surface area contributed by atoms with Crippen molar-refractivity contribution in [2.45, 2.75) is 32.2 Å². The molecule has 0 amide bonds. The average Bonchev–Trinajstić information content (AvgIpc) is 2.86. The van der Waals surface area contributed by atoms with Crippen molar-refractivity contribution in [3.05, 3.63) is 51.3 Å². The van der Waals surface area contributed by atoms with Crippen LogP contribution in [0.2, 0.25) is 10.0 Å². The van der Waals surface area contributed by atoms with Crippen molar-refractivity contribution in [3.63, 3.8) is 0 Å². The monoisotopic (exact) mass is 452 g/mol. The van der Waals surface area contributed by atoms with E-state index in [0.29, 0.717) is 16.7 Å². The highest BCUT2D eigenvalue weighted by molar-refractivity contribution is 6.42. The Labute approximate surface area is 182 Å². The van der Waals surface area contributed by atoms with Crippen LogP contribution in [0.25, 0.3) is 0 Å². The number of morpholine rings is 1. The number of benzene rings is 1. The molecule has 4 rings (SSSR count). The summed E-state index contributed by atoms with van der Waals surface area (Å²) in [6, 6.07) is 7.96. The lowest BCUT2D eigenvalue weighted by Gasteiger charge is -2.32. The third-order valence-electron chi connectivity index (χ3n) is 4.80. The van der Waals surface area contributed by atoms with Crippen LogP contribution in [-0.2, 0) is 24.4 Å². The Morgan fingerprint density at radius 2 is 2.00 bits per heavy atom. The van der Waals surface area contributed by atoms with Crippen molar-refractivity contribution in [1.29, 1.82) is 0 Å². The van der Waals surface area contributed by atoms with Crippen LogP contribution in [-0.4, -0.2) is 40.9 Å². The second-order valence-corrected chi connectivity index (χ2v) is 7.46. The molecule has 5 nitrogen and oxygen atoms in total. The number of hydrogen-bond acceptors (Lipinski definition) is 4. The van der Waals surface area contributed by atoms with E-state index in [2.05, 4.69) is 21.0 Å². The SMILES string of the molecule is Cl.Cl.Clc1ccc(C2CN(Cc3cc4n(n3)CCCNC4)CCO2)cc1Cl. The molecule has 1 aromatic carbocycles. The van der Waals surface area contributed by atoms with Crippen molar-refractivity contribution >= 4 is 48.0 Å². The lowest BCUT2D eigenvalue weighted by atomic mass is 10.1. The Morgan fingerprint density at radius 1 is 1.15 bits per heavy atom. The summed E-state index contributed by atoms with van der Waals surface area (Å²) in [4.78, 5) is 2.40. The molecule has 1 N–H and O–H groups in total. The molecule has 2 aliphatic rings. The zero-order chi connectivity index (χ0) is 17.2. The Balaban J connectivity index is 0.00000131. The summed E-state index contributed by atoms with van der Waals surface area (Å²) in [5, 5.41) is 9.37. The molecule has 0 radical (unpaired) electrons. The van der Waals surface area contributed by atoms with Gasteiger partial charge in [0.1, 0.15) is 0 Å². The minimum Gasteiger partial charge on any atom is -0.371 e. The average molecular weight is 454 g/mol. The Hall–Kier alpha value is -0.530. The zero-order valence-electron chi connectivity index (χ0n) is 14.9. The molecule has 1 saturated heterocycles. The van der Waals surface area contributed by atoms with E-state index >= 15 is 0 Å². The van der Waals surface area contributed by atoms with Gasteiger partial charge in [0.2, 0.25) is 0 Å². The van der Waals surface area contributed by atoms with Gasteiger partial charge >= 0.3 is 0 Å². The van der Waals surface area contributed by atoms with Crippen LogP contribution in [0.5, 0.6) is 0 Å². The van der Waals surface area contributed by atoms with E-state index in [9.17, 15) is 0 Å². The summed E-state index contributed by atoms with van der Waals surface area (Å²) >= 11 is 12.2. The molecule has 9 heteroatoms. The van der Waals surface area contributed by atoms with Crippen molar-refractivity contribution in [1.82, 2.24) is 20.0 Å². The first-order valence-corrected chi connectivity index (χ1v) is 9.50. The highest BCUT2D eigenvalue weighted by atomic mass is 35.5. The summed E-state index contributed by atoms with van der Waals surface area (Å²) in [7, 11) is 0. The van der Waals surface area contributed by atoms with Crippen molar-refractivity contribution in [3.8, 4) is 0 Å². The largest absolute Gasteiger partial charge is 0.371 e. The van der Waals surface area contributed by atoms with E-state index < -0.39 is 0 Å². The number of nitrogens with zero attached hydrogens (tertiary/aromatic N) is 3. The quantitative estimate of drug-likeness (QED) is 0.759. The lowest BCUT2D eigenvalue weighted by molar-refractivity contribution is -0.0333. The van der Waals surface area contributed by atoms with Crippen molar-refractivity contribution in [2.75, 3.05) is 26.2 Å². The third kappa shape index (κ3) is 5.51. The first kappa shape index (κ1) is 22.8. The minimum absolute atomic E-state index is 0. The fraction of sp³-hybridized carbons (Fsp3) is 0.500. The number of rotatable bonds is 3. The molecule has 3 heterocycles. The molecule has 1 aromatic heterocycles. The highest BCUT2D eigenvalue weighted by Crippen LogP contribution is 2.29. The fourth-order valence-electron chi connectivity index (χ4n) is 3.49. The molecule has 2 aromatic rings. The summed E-state index contributed by atoms with van der Waals surface area (Å²) in [6.45, 7) is 6.27. The van der Waals surface area contributed by atoms with Gasteiger partial charge in [-0.05, 0) is 36.7 Å². The van der Waals surface area contributed by atoms with Gasteiger partial charge in [-0.25, -0.2) is 0 Å². The van der Waals surface area contributed by atoms with E-state index in [1.165, 1.54) is 5.69 Å². The maximum atomic E-state index is 6.15. The van der Waals surface area contributed by atoms with Crippen LogP contribution in [0.15, 0.2) is 24.3 Å². The summed E-state index contributed by atoms with van der Waals surface area (Å²) in [5.41, 5.74) is 3.49. The van der Waals surface area contributed by atoms with E-state index in [0.717, 1.165) is 56.9 Å². The number of nitrogens with one attached hydrogen (secondary N) is 1. The molecule has 1 atom stereocenters. The van der Waals surface area contributed by atoms with Gasteiger partial charge in [-0.15, -0.1) is 24.8 Å². The second-order valence-electron chi connectivity index (χ2n) is 6.65. The van der Waals surface area contributed by atoms with E-state index in [-0.39, 0.29) is 30.9 Å². The fourth-order valence-corrected chi connectivity index (χ4v) is 3.79. The highest BCUT2D eigenvalue weighted by Gasteiger charge is 2.23. The minimum atomic E-state index is 0. The first-order chi connectivity index (χ1) is 12.2. The number of aryl methyl sites for hydroxylation is 1. The lowest BCUT2D eigenvalue weighted by Crippen LogP contribution is -2.37. The van der Waals surface area contributed by atoms with Crippen LogP contribution in [0.4, 0.5) is 0 Å². The van der Waals surface area contributed by atoms with Crippen LogP contribution < -0.4 is 5.32 Å². The number of ether oxygens (including phenoxy) is 1. The molecule has 0 saturated carbocycles. The number of halogens is 4. The molecule has 1 fully saturated rings. The van der Waals surface area contributed by atoms with Crippen LogP contribution in [0.1, 0.15) is 29.5 Å². The molecule has 2 aliphatic heterocycles. The van der Waals surface area contributed by atoms with Gasteiger partial charge in [0.25, 0.3) is 0 Å². The summed E-state index contributed by atoms with van der Waals surface area (Å²) < 4.78 is 8.09. The standard InChI is InChI=1S/C18H22Cl2N4O.2ClH/c19-16-3-2-13(8-17(16)20)18-12-23(6-7-25-18)11-14-9-15-10-21-4-1-5-24(15)22-14;;/h2-3,8-9,18,21H,1,4-7,10-12H2;2*1H. The van der Waals surface area contributed by atoms with Gasteiger partial charge in [-0.1, -0.05) is 29.3 Å². The Kier molecular flexibility index (Phi) is 8.69. The number of aromatic nitrogens is 2. The second kappa shape index (κ2) is 10.3. The topological polar surface area (TPSA) is 42.3 Å². The van der Waals surface area contributed by atoms with E-state index in [1.807, 2.05) is 18.2 Å². The van der Waals surface area contributed by atoms with Gasteiger partial charge in [0, 0.05) is 32.7 Å². The maximum Gasteiger partial charge on any atom is 0.0953 e. The smallest absolute Gasteiger partial charge is 0.0953 e. The molecular weight excluding hydrogens is 430 g/mol. The van der Waals surface area contributed by atoms with Gasteiger partial charge < -0.3 is 10.1 Å². The van der Waals surface area contributed by atoms with Crippen LogP contribution >= 0.6 is 48.0 Å². The number of hydrogen-bond donors (Lipinski definition) is 1. The Bertz CT molecular complexity index is 731. The van der Waals surface area contributed by atoms with Crippen molar-refractivity contribution in [2.24, 2.45) is 0 Å². The van der Waals surface area contributed by atoms with Gasteiger partial charge in [-0.3, -0.25) is 9.58 Å². The summed E-state index contributed by atoms with van der Waals surface area (Å²) in [5.74, 6) is 0. The van der Waals surface area contributed by atoms with Gasteiger partial charge in [0.15, 0.2) is 0 Å². The maximum absolute atomic E-state index is 6.15. The van der Waals surface area contributed by atoms with E-state index in [4.69, 9.17) is 33.0 Å². The molecule has 0 aliphatic carbocycles. The molecule has 1 unspecified atom stereocenters. The molecule has 0 bridgehead atoms. The zero-order valence-corrected chi connectivity index (χ0v) is 18.0. The van der Waals surface area contributed by atoms with Gasteiger partial charge in [-0.2, -0.15) is 5.10 Å². The number of fused-ring (bicyclic) bond motifs is 1. The van der Waals surface area contributed by atoms with E-state index in [1.54, 1.807) is 0 Å². The van der Waals surface area contributed by atoms with Gasteiger partial charge in [0.05, 0.1) is 34.1 Å². The molecule has 27 heavy (non-hydrogen) atoms. The van der Waals surface area contributed by atoms with Crippen LogP contribution in [0, 0.1) is 0 Å². The predicted octanol–water partition coefficient (Wildman–Crippen LogP) is 4.10. The first-order valence-electron chi connectivity index (χ1n) is 8.74. The third-order valence-corrected chi connectivity index (χ3v) is 5.53.